The molecule has 4 amide bonds. The fourth-order valence-electron chi connectivity index (χ4n) is 7.42. The molecule has 1 aliphatic heterocycles. The van der Waals surface area contributed by atoms with Gasteiger partial charge in [-0.05, 0) is 68.5 Å². The molecule has 5 N–H and O–H groups in total. The molecule has 7 atom stereocenters. The SMILES string of the molecule is C=C[C@@H]1C[C@]1(NC(=O)[N+]1(C(=O)C(N)C(C)C)C[C@H](Oc2ncc(OC)c3ccc(Cl)cc23)C(C)C1C)C(=O)N(c1cccc(S(N)(=O)=O)c1)S(=O)(=O)C1CC1. The number of urea groups is 1. The molecule has 0 spiro atoms. The molecule has 2 heterocycles. The number of sulfonamides is 2. The van der Waals surface area contributed by atoms with Crippen molar-refractivity contribution in [3.8, 4) is 11.6 Å². The molecule has 3 aromatic rings. The number of benzene rings is 2. The zero-order chi connectivity index (χ0) is 40.4. The molecule has 6 rings (SSSR count). The van der Waals surface area contributed by atoms with Gasteiger partial charge in [-0.1, -0.05) is 44.5 Å². The van der Waals surface area contributed by atoms with Gasteiger partial charge in [0.1, 0.15) is 29.9 Å². The summed E-state index contributed by atoms with van der Waals surface area (Å²) in [5, 5.41) is 8.93. The Hall–Kier alpha value is -4.13. The number of carbonyl (C=O) groups excluding carboxylic acids is 3. The molecule has 3 aliphatic rings. The van der Waals surface area contributed by atoms with Gasteiger partial charge in [0.25, 0.3) is 5.91 Å². The largest absolute Gasteiger partial charge is 0.494 e. The molecular weight excluding hydrogens is 772 g/mol. The molecule has 296 valence electrons. The minimum Gasteiger partial charge on any atom is -0.494 e. The van der Waals surface area contributed by atoms with E-state index in [1.807, 2.05) is 6.92 Å². The van der Waals surface area contributed by atoms with Gasteiger partial charge in [0, 0.05) is 21.7 Å². The van der Waals surface area contributed by atoms with Gasteiger partial charge in [-0.2, -0.15) is 4.48 Å². The van der Waals surface area contributed by atoms with Crippen LogP contribution in [0.5, 0.6) is 11.6 Å². The first-order chi connectivity index (χ1) is 25.7. The van der Waals surface area contributed by atoms with Gasteiger partial charge < -0.3 is 15.2 Å². The van der Waals surface area contributed by atoms with Crippen LogP contribution in [0.3, 0.4) is 0 Å². The summed E-state index contributed by atoms with van der Waals surface area (Å²) in [7, 11) is -7.17. The maximum atomic E-state index is 15.0. The van der Waals surface area contributed by atoms with Crippen LogP contribution in [0.25, 0.3) is 10.8 Å². The minimum atomic E-state index is -4.39. The number of hydrogen-bond acceptors (Lipinski definition) is 11. The van der Waals surface area contributed by atoms with Crippen molar-refractivity contribution in [2.24, 2.45) is 28.6 Å². The average molecular weight is 818 g/mol. The summed E-state index contributed by atoms with van der Waals surface area (Å²) in [5.74, 6) is -2.53. The van der Waals surface area contributed by atoms with E-state index in [0.717, 1.165) is 6.07 Å². The average Bonchev–Trinajstić information content (AvgIpc) is 4.07. The predicted molar refractivity (Wildman–Crippen MR) is 206 cm³/mol. The van der Waals surface area contributed by atoms with Crippen LogP contribution in [-0.2, 0) is 29.6 Å². The number of methoxy groups -OCH3 is 1. The van der Waals surface area contributed by atoms with Crippen LogP contribution in [0.4, 0.5) is 10.5 Å². The Bertz CT molecular complexity index is 2300. The van der Waals surface area contributed by atoms with Crippen molar-refractivity contribution >= 4 is 66.0 Å². The lowest BCUT2D eigenvalue weighted by Crippen LogP contribution is -2.70. The van der Waals surface area contributed by atoms with Crippen molar-refractivity contribution in [1.29, 1.82) is 0 Å². The zero-order valence-corrected chi connectivity index (χ0v) is 33.5. The molecular formula is C37H46ClN6O9S2+. The highest BCUT2D eigenvalue weighted by atomic mass is 35.5. The number of halogens is 1. The van der Waals surface area contributed by atoms with E-state index in [2.05, 4.69) is 16.9 Å². The van der Waals surface area contributed by atoms with Crippen LogP contribution in [0, 0.1) is 17.8 Å². The van der Waals surface area contributed by atoms with Gasteiger partial charge in [-0.3, -0.25) is 10.1 Å². The Balaban J connectivity index is 1.41. The molecule has 3 fully saturated rings. The second-order valence-electron chi connectivity index (χ2n) is 15.0. The molecule has 0 radical (unpaired) electrons. The highest BCUT2D eigenvalue weighted by Crippen LogP contribution is 2.49. The zero-order valence-electron chi connectivity index (χ0n) is 31.1. The molecule has 1 aromatic heterocycles. The van der Waals surface area contributed by atoms with Crippen LogP contribution in [-0.4, -0.2) is 86.8 Å². The van der Waals surface area contributed by atoms with Gasteiger partial charge >= 0.3 is 11.9 Å². The van der Waals surface area contributed by atoms with E-state index in [1.54, 1.807) is 39.0 Å². The fourth-order valence-corrected chi connectivity index (χ4v) is 9.97. The van der Waals surface area contributed by atoms with E-state index in [4.69, 9.17) is 31.9 Å². The van der Waals surface area contributed by atoms with Crippen molar-refractivity contribution in [3.63, 3.8) is 0 Å². The highest BCUT2D eigenvalue weighted by molar-refractivity contribution is 7.94. The monoisotopic (exact) mass is 817 g/mol. The van der Waals surface area contributed by atoms with Gasteiger partial charge in [0.15, 0.2) is 6.10 Å². The number of rotatable bonds is 12. The third-order valence-corrected chi connectivity index (χ3v) is 14.7. The number of hydrogen-bond donors (Lipinski definition) is 3. The second-order valence-corrected chi connectivity index (χ2v) is 19.1. The Kier molecular flexibility index (Phi) is 10.6. The third-order valence-electron chi connectivity index (χ3n) is 11.3. The van der Waals surface area contributed by atoms with E-state index in [1.165, 1.54) is 37.6 Å². The van der Waals surface area contributed by atoms with Crippen molar-refractivity contribution < 1.29 is 45.2 Å². The molecule has 2 aliphatic carbocycles. The lowest BCUT2D eigenvalue weighted by atomic mass is 9.99. The first kappa shape index (κ1) is 40.5. The van der Waals surface area contributed by atoms with E-state index in [0.29, 0.717) is 25.8 Å². The van der Waals surface area contributed by atoms with Crippen molar-refractivity contribution in [2.45, 2.75) is 80.8 Å². The van der Waals surface area contributed by atoms with E-state index >= 15 is 4.79 Å². The maximum absolute atomic E-state index is 15.0. The molecule has 4 unspecified atom stereocenters. The molecule has 55 heavy (non-hydrogen) atoms. The van der Waals surface area contributed by atoms with Crippen molar-refractivity contribution in [1.82, 2.24) is 10.3 Å². The molecule has 18 heteroatoms. The van der Waals surface area contributed by atoms with Crippen LogP contribution in [0.15, 0.2) is 66.2 Å². The Morgan fingerprint density at radius 2 is 1.80 bits per heavy atom. The first-order valence-electron chi connectivity index (χ1n) is 17.9. The molecule has 0 bridgehead atoms. The number of ether oxygens (including phenoxy) is 2. The smallest absolute Gasteiger partial charge is 0.425 e. The number of quaternary nitrogens is 1. The number of nitrogens with two attached hydrogens (primary N) is 2. The van der Waals surface area contributed by atoms with Crippen LogP contribution < -0.4 is 30.0 Å². The summed E-state index contributed by atoms with van der Waals surface area (Å²) in [5.41, 5.74) is 4.38. The van der Waals surface area contributed by atoms with Gasteiger partial charge in [0.2, 0.25) is 25.9 Å². The lowest BCUT2D eigenvalue weighted by molar-refractivity contribution is -0.789. The summed E-state index contributed by atoms with van der Waals surface area (Å²) in [6, 6.07) is 7.16. The number of aromatic nitrogens is 1. The van der Waals surface area contributed by atoms with Crippen LogP contribution >= 0.6 is 11.6 Å². The lowest BCUT2D eigenvalue weighted by Gasteiger charge is -2.37. The number of fused-ring (bicyclic) bond motifs is 1. The summed E-state index contributed by atoms with van der Waals surface area (Å²) < 4.78 is 64.2. The number of pyridine rings is 1. The normalized spacial score (nSPS) is 27.0. The van der Waals surface area contributed by atoms with Gasteiger partial charge in [0.05, 0.1) is 35.1 Å². The topological polar surface area (TPSA) is 218 Å². The van der Waals surface area contributed by atoms with E-state index < -0.39 is 88.1 Å². The number of carbonyl (C=O) groups is 3. The number of nitrogens with zero attached hydrogens (tertiary/aromatic N) is 3. The van der Waals surface area contributed by atoms with Gasteiger partial charge in [-0.15, -0.1) is 6.58 Å². The third kappa shape index (κ3) is 6.99. The molecule has 2 saturated carbocycles. The fraction of sp³-hybridized carbons (Fsp3) is 0.459. The predicted octanol–water partition coefficient (Wildman–Crippen LogP) is 3.84. The van der Waals surface area contributed by atoms with Crippen LogP contribution in [0.2, 0.25) is 5.02 Å². The summed E-state index contributed by atoms with van der Waals surface area (Å²) in [4.78, 5) is 48.5. The van der Waals surface area contributed by atoms with Crippen molar-refractivity contribution in [3.05, 3.63) is 66.3 Å². The Labute approximate surface area is 325 Å². The second kappa shape index (κ2) is 14.4. The van der Waals surface area contributed by atoms with E-state index in [9.17, 15) is 26.4 Å². The summed E-state index contributed by atoms with van der Waals surface area (Å²) in [6.07, 6.45) is 2.69. The Morgan fingerprint density at radius 3 is 2.38 bits per heavy atom. The quantitative estimate of drug-likeness (QED) is 0.176. The molecule has 1 saturated heterocycles. The standard InChI is InChI=1S/C37H45ClN6O9S2/c1-7-23-17-37(23,35(46)43(55(50,51)26-12-13-26)25-9-8-10-27(16-25)54(40,48)49)42-36(47)44(34(45)32(39)20(2)3)19-31(21(4)22(44)5)53-33-29-15-24(38)11-14-28(29)30(52-6)18-41-33/h7-11,14-16,18,20-23,26,31-32H,1,12-13,17,19,39H2,2-6H3,(H2-,40,42,47,48,49)/p+1/t21?,22?,23-,31+,32?,37-,44?/m1/s1. The number of imide groups is 1. The Morgan fingerprint density at radius 1 is 1.11 bits per heavy atom. The maximum Gasteiger partial charge on any atom is 0.425 e. The van der Waals surface area contributed by atoms with Gasteiger partial charge in [-0.25, -0.2) is 40.9 Å². The highest BCUT2D eigenvalue weighted by Gasteiger charge is 2.68. The van der Waals surface area contributed by atoms with Crippen LogP contribution in [0.1, 0.15) is 47.0 Å². The molecule has 15 nitrogen and oxygen atoms in total. The number of primary sulfonamides is 1. The number of amides is 4. The summed E-state index contributed by atoms with van der Waals surface area (Å²) in [6.45, 7) is 10.7. The summed E-state index contributed by atoms with van der Waals surface area (Å²) >= 11 is 6.36. The number of nitrogens with one attached hydrogen (secondary N) is 1. The minimum absolute atomic E-state index is 0.0383. The van der Waals surface area contributed by atoms with E-state index in [-0.39, 0.29) is 43.3 Å². The molecule has 2 aromatic carbocycles. The number of anilines is 1. The van der Waals surface area contributed by atoms with Crippen molar-refractivity contribution in [2.75, 3.05) is 18.0 Å². The first-order valence-corrected chi connectivity index (χ1v) is 21.3. The number of likely N-dealkylation sites (tertiary alicyclic amines) is 1.